The molecule has 3 nitrogen and oxygen atoms in total. The summed E-state index contributed by atoms with van der Waals surface area (Å²) in [6.07, 6.45) is 2.09. The first-order chi connectivity index (χ1) is 6.18. The summed E-state index contributed by atoms with van der Waals surface area (Å²) in [7, 11) is 0. The van der Waals surface area contributed by atoms with E-state index in [2.05, 4.69) is 0 Å². The number of rotatable bonds is 3. The molecular formula is C10H12O3. The second kappa shape index (κ2) is 4.64. The van der Waals surface area contributed by atoms with Crippen LogP contribution in [0, 0.1) is 0 Å². The zero-order valence-electron chi connectivity index (χ0n) is 7.09. The molecule has 0 aliphatic carbocycles. The number of hydrogen-bond acceptors (Lipinski definition) is 3. The predicted octanol–water partition coefficient (Wildman–Crippen LogP) is 0.802. The summed E-state index contributed by atoms with van der Waals surface area (Å²) in [4.78, 5) is 0. The smallest absolute Gasteiger partial charge is 0.171 e. The number of aliphatic hydroxyl groups is 2. The summed E-state index contributed by atoms with van der Waals surface area (Å²) >= 11 is 0. The van der Waals surface area contributed by atoms with Gasteiger partial charge in [-0.1, -0.05) is 18.2 Å². The molecular weight excluding hydrogens is 168 g/mol. The molecule has 0 saturated heterocycles. The lowest BCUT2D eigenvalue weighted by Crippen LogP contribution is -1.97. The average molecular weight is 180 g/mol. The molecule has 70 valence electrons. The number of phenols is 1. The highest BCUT2D eigenvalue weighted by Crippen LogP contribution is 2.11. The van der Waals surface area contributed by atoms with Crippen LogP contribution >= 0.6 is 0 Å². The first kappa shape index (κ1) is 9.77. The minimum atomic E-state index is -1.41. The van der Waals surface area contributed by atoms with Crippen LogP contribution in [-0.4, -0.2) is 21.6 Å². The molecule has 0 unspecified atom stereocenters. The second-order valence-corrected chi connectivity index (χ2v) is 2.72. The van der Waals surface area contributed by atoms with E-state index in [4.69, 9.17) is 15.3 Å². The van der Waals surface area contributed by atoms with Crippen molar-refractivity contribution in [2.75, 3.05) is 0 Å². The summed E-state index contributed by atoms with van der Waals surface area (Å²) in [6, 6.07) is 6.82. The number of hydrogen-bond donors (Lipinski definition) is 3. The maximum atomic E-state index is 9.10. The van der Waals surface area contributed by atoms with Gasteiger partial charge in [0.05, 0.1) is 0 Å². The molecule has 3 heteroatoms. The standard InChI is InChI=1S/C10H12O3/c11-9-5-1-3-8(7-9)4-2-6-10(12)13/h1-3,5-7,10-13H,4H2. The van der Waals surface area contributed by atoms with Gasteiger partial charge in [-0.3, -0.25) is 0 Å². The Hall–Kier alpha value is -1.32. The molecule has 0 fully saturated rings. The molecule has 0 aliphatic heterocycles. The van der Waals surface area contributed by atoms with Crippen LogP contribution in [0.15, 0.2) is 36.4 Å². The van der Waals surface area contributed by atoms with Gasteiger partial charge in [0.1, 0.15) is 5.75 Å². The zero-order chi connectivity index (χ0) is 9.68. The van der Waals surface area contributed by atoms with Gasteiger partial charge in [0.2, 0.25) is 0 Å². The van der Waals surface area contributed by atoms with Crippen molar-refractivity contribution in [3.8, 4) is 5.75 Å². The molecule has 1 aromatic rings. The van der Waals surface area contributed by atoms with Crippen molar-refractivity contribution in [1.29, 1.82) is 0 Å². The first-order valence-corrected chi connectivity index (χ1v) is 3.99. The molecule has 1 aromatic carbocycles. The van der Waals surface area contributed by atoms with E-state index < -0.39 is 6.29 Å². The van der Waals surface area contributed by atoms with Crippen LogP contribution in [0.1, 0.15) is 5.56 Å². The lowest BCUT2D eigenvalue weighted by Gasteiger charge is -1.97. The number of benzene rings is 1. The summed E-state index contributed by atoms with van der Waals surface area (Å²) < 4.78 is 0. The molecule has 1 rings (SSSR count). The molecule has 0 bridgehead atoms. The fourth-order valence-electron chi connectivity index (χ4n) is 1.01. The van der Waals surface area contributed by atoms with Crippen LogP contribution < -0.4 is 0 Å². The topological polar surface area (TPSA) is 60.7 Å². The van der Waals surface area contributed by atoms with Crippen molar-refractivity contribution < 1.29 is 15.3 Å². The van der Waals surface area contributed by atoms with E-state index in [9.17, 15) is 0 Å². The highest BCUT2D eigenvalue weighted by atomic mass is 16.5. The molecule has 0 saturated carbocycles. The van der Waals surface area contributed by atoms with Crippen LogP contribution in [0.4, 0.5) is 0 Å². The SMILES string of the molecule is Oc1cccc(CC=CC(O)O)c1. The van der Waals surface area contributed by atoms with Gasteiger partial charge >= 0.3 is 0 Å². The molecule has 0 atom stereocenters. The summed E-state index contributed by atoms with van der Waals surface area (Å²) in [5.41, 5.74) is 0.928. The fraction of sp³-hybridized carbons (Fsp3) is 0.200. The predicted molar refractivity (Wildman–Crippen MR) is 49.2 cm³/mol. The minimum Gasteiger partial charge on any atom is -0.508 e. The first-order valence-electron chi connectivity index (χ1n) is 3.99. The zero-order valence-corrected chi connectivity index (χ0v) is 7.09. The maximum Gasteiger partial charge on any atom is 0.171 e. The largest absolute Gasteiger partial charge is 0.508 e. The Kier molecular flexibility index (Phi) is 3.49. The van der Waals surface area contributed by atoms with Crippen LogP contribution in [0.25, 0.3) is 0 Å². The van der Waals surface area contributed by atoms with E-state index in [1.165, 1.54) is 6.08 Å². The Morgan fingerprint density at radius 2 is 2.08 bits per heavy atom. The van der Waals surface area contributed by atoms with Gasteiger partial charge in [0.15, 0.2) is 6.29 Å². The van der Waals surface area contributed by atoms with E-state index in [1.54, 1.807) is 24.3 Å². The van der Waals surface area contributed by atoms with E-state index >= 15 is 0 Å². The summed E-state index contributed by atoms with van der Waals surface area (Å²) in [5.74, 6) is 0.218. The van der Waals surface area contributed by atoms with Gasteiger partial charge in [0.25, 0.3) is 0 Å². The molecule has 0 heterocycles. The normalized spacial score (nSPS) is 11.3. The van der Waals surface area contributed by atoms with Crippen LogP contribution in [-0.2, 0) is 6.42 Å². The Bertz CT molecular complexity index is 292. The molecule has 0 amide bonds. The van der Waals surface area contributed by atoms with Crippen molar-refractivity contribution in [3.05, 3.63) is 42.0 Å². The Morgan fingerprint density at radius 3 is 2.69 bits per heavy atom. The van der Waals surface area contributed by atoms with E-state index in [0.717, 1.165) is 5.56 Å². The van der Waals surface area contributed by atoms with Crippen molar-refractivity contribution in [3.63, 3.8) is 0 Å². The van der Waals surface area contributed by atoms with Crippen LogP contribution in [0.3, 0.4) is 0 Å². The highest BCUT2D eigenvalue weighted by Gasteiger charge is 1.92. The Morgan fingerprint density at radius 1 is 1.31 bits per heavy atom. The van der Waals surface area contributed by atoms with Gasteiger partial charge in [0, 0.05) is 0 Å². The minimum absolute atomic E-state index is 0.218. The van der Waals surface area contributed by atoms with Gasteiger partial charge in [-0.25, -0.2) is 0 Å². The average Bonchev–Trinajstić information content (AvgIpc) is 2.03. The molecule has 0 spiro atoms. The van der Waals surface area contributed by atoms with E-state index in [0.29, 0.717) is 6.42 Å². The summed E-state index contributed by atoms with van der Waals surface area (Å²) in [6.45, 7) is 0. The Balaban J connectivity index is 2.55. The Labute approximate surface area is 76.6 Å². The van der Waals surface area contributed by atoms with Crippen molar-refractivity contribution in [2.24, 2.45) is 0 Å². The number of aliphatic hydroxyl groups excluding tert-OH is 1. The molecule has 0 aromatic heterocycles. The monoisotopic (exact) mass is 180 g/mol. The van der Waals surface area contributed by atoms with Crippen LogP contribution in [0.2, 0.25) is 0 Å². The maximum absolute atomic E-state index is 9.10. The second-order valence-electron chi connectivity index (χ2n) is 2.72. The van der Waals surface area contributed by atoms with Crippen molar-refractivity contribution in [2.45, 2.75) is 12.7 Å². The summed E-state index contributed by atoms with van der Waals surface area (Å²) in [5, 5.41) is 26.1. The number of allylic oxidation sites excluding steroid dienone is 1. The van der Waals surface area contributed by atoms with Gasteiger partial charge in [-0.15, -0.1) is 0 Å². The third kappa shape index (κ3) is 3.73. The quantitative estimate of drug-likeness (QED) is 0.476. The lowest BCUT2D eigenvalue weighted by atomic mass is 10.1. The number of phenolic OH excluding ortho intramolecular Hbond substituents is 1. The van der Waals surface area contributed by atoms with E-state index in [-0.39, 0.29) is 5.75 Å². The molecule has 0 radical (unpaired) electrons. The van der Waals surface area contributed by atoms with Gasteiger partial charge < -0.3 is 15.3 Å². The van der Waals surface area contributed by atoms with Gasteiger partial charge in [-0.05, 0) is 30.2 Å². The van der Waals surface area contributed by atoms with Gasteiger partial charge in [-0.2, -0.15) is 0 Å². The molecule has 0 aliphatic rings. The molecule has 13 heavy (non-hydrogen) atoms. The van der Waals surface area contributed by atoms with E-state index in [1.807, 2.05) is 6.07 Å². The third-order valence-corrected chi connectivity index (χ3v) is 1.57. The fourth-order valence-corrected chi connectivity index (χ4v) is 1.01. The third-order valence-electron chi connectivity index (χ3n) is 1.57. The highest BCUT2D eigenvalue weighted by molar-refractivity contribution is 5.28. The lowest BCUT2D eigenvalue weighted by molar-refractivity contribution is 0.00221. The molecule has 3 N–H and O–H groups in total. The number of aromatic hydroxyl groups is 1. The van der Waals surface area contributed by atoms with Crippen molar-refractivity contribution in [1.82, 2.24) is 0 Å². The van der Waals surface area contributed by atoms with Crippen LogP contribution in [0.5, 0.6) is 5.75 Å². The van der Waals surface area contributed by atoms with Crippen molar-refractivity contribution >= 4 is 0 Å².